The molecule has 0 radical (unpaired) electrons. The zero-order valence-corrected chi connectivity index (χ0v) is 11.7. The van der Waals surface area contributed by atoms with Gasteiger partial charge in [0, 0.05) is 32.1 Å². The molecule has 1 saturated heterocycles. The fraction of sp³-hybridized carbons (Fsp3) is 0.929. The Bertz CT molecular complexity index is 277. The minimum Gasteiger partial charge on any atom is -0.378 e. The largest absolute Gasteiger partial charge is 0.378 e. The molecule has 0 aromatic rings. The fourth-order valence-electron chi connectivity index (χ4n) is 3.16. The highest BCUT2D eigenvalue weighted by molar-refractivity contribution is 5.77. The van der Waals surface area contributed by atoms with Gasteiger partial charge in [-0.2, -0.15) is 0 Å². The molecule has 2 aliphatic rings. The number of amides is 1. The molecule has 4 nitrogen and oxygen atoms in total. The van der Waals surface area contributed by atoms with Crippen LogP contribution in [0.3, 0.4) is 0 Å². The van der Waals surface area contributed by atoms with Crippen molar-refractivity contribution in [3.8, 4) is 0 Å². The summed E-state index contributed by atoms with van der Waals surface area (Å²) in [5.41, 5.74) is 0. The van der Waals surface area contributed by atoms with E-state index in [4.69, 9.17) is 4.74 Å². The lowest BCUT2D eigenvalue weighted by atomic mass is 9.85. The first-order chi connectivity index (χ1) is 8.68. The van der Waals surface area contributed by atoms with Gasteiger partial charge in [0.2, 0.25) is 5.91 Å². The second-order valence-corrected chi connectivity index (χ2v) is 5.76. The van der Waals surface area contributed by atoms with E-state index in [2.05, 4.69) is 12.2 Å². The molecule has 1 saturated carbocycles. The summed E-state index contributed by atoms with van der Waals surface area (Å²) >= 11 is 0. The van der Waals surface area contributed by atoms with Crippen LogP contribution in [-0.4, -0.2) is 49.7 Å². The number of carbonyl (C=O) groups excluding carboxylic acids is 1. The molecule has 4 heteroatoms. The van der Waals surface area contributed by atoms with Crippen molar-refractivity contribution >= 4 is 5.91 Å². The molecule has 1 amide bonds. The molecule has 1 N–H and O–H groups in total. The summed E-state index contributed by atoms with van der Waals surface area (Å²) in [4.78, 5) is 14.3. The van der Waals surface area contributed by atoms with Crippen LogP contribution in [0.2, 0.25) is 0 Å². The second-order valence-electron chi connectivity index (χ2n) is 5.76. The van der Waals surface area contributed by atoms with Crippen molar-refractivity contribution < 1.29 is 9.53 Å². The molecule has 0 bridgehead atoms. The first kappa shape index (κ1) is 13.8. The summed E-state index contributed by atoms with van der Waals surface area (Å²) in [6.07, 6.45) is 5.57. The minimum atomic E-state index is 0.201. The lowest BCUT2D eigenvalue weighted by Crippen LogP contribution is -2.48. The van der Waals surface area contributed by atoms with Gasteiger partial charge in [-0.1, -0.05) is 19.8 Å². The maximum absolute atomic E-state index is 12.3. The van der Waals surface area contributed by atoms with Gasteiger partial charge in [0.25, 0.3) is 0 Å². The third-order valence-corrected chi connectivity index (χ3v) is 4.38. The van der Waals surface area contributed by atoms with Crippen molar-refractivity contribution in [1.82, 2.24) is 10.2 Å². The van der Waals surface area contributed by atoms with E-state index >= 15 is 0 Å². The Morgan fingerprint density at radius 3 is 2.83 bits per heavy atom. The van der Waals surface area contributed by atoms with E-state index in [1.165, 1.54) is 19.3 Å². The van der Waals surface area contributed by atoms with Crippen molar-refractivity contribution in [2.24, 2.45) is 5.92 Å². The second kappa shape index (κ2) is 6.53. The molecule has 1 aliphatic carbocycles. The molecule has 2 fully saturated rings. The Hall–Kier alpha value is -0.610. The van der Waals surface area contributed by atoms with Crippen molar-refractivity contribution in [2.75, 3.05) is 26.8 Å². The van der Waals surface area contributed by atoms with E-state index in [0.717, 1.165) is 19.6 Å². The first-order valence-corrected chi connectivity index (χ1v) is 7.25. The number of ether oxygens (including phenoxy) is 1. The number of carbonyl (C=O) groups is 1. The average Bonchev–Trinajstić information content (AvgIpc) is 2.39. The predicted octanol–water partition coefficient (Wildman–Crippen LogP) is 1.40. The third-order valence-electron chi connectivity index (χ3n) is 4.38. The Morgan fingerprint density at radius 2 is 2.17 bits per heavy atom. The van der Waals surface area contributed by atoms with Gasteiger partial charge >= 0.3 is 0 Å². The zero-order chi connectivity index (χ0) is 13.0. The molecule has 0 aromatic heterocycles. The van der Waals surface area contributed by atoms with E-state index in [9.17, 15) is 4.79 Å². The Kier molecular flexibility index (Phi) is 5.01. The van der Waals surface area contributed by atoms with Crippen LogP contribution >= 0.6 is 0 Å². The topological polar surface area (TPSA) is 41.6 Å². The van der Waals surface area contributed by atoms with E-state index in [1.54, 1.807) is 0 Å². The number of hydrogen-bond donors (Lipinski definition) is 1. The van der Waals surface area contributed by atoms with Crippen LogP contribution in [0, 0.1) is 5.92 Å². The van der Waals surface area contributed by atoms with Gasteiger partial charge in [0.1, 0.15) is 0 Å². The molecule has 1 heterocycles. The monoisotopic (exact) mass is 254 g/mol. The van der Waals surface area contributed by atoms with Gasteiger partial charge in [-0.05, 0) is 18.8 Å². The molecule has 3 atom stereocenters. The maximum atomic E-state index is 12.3. The summed E-state index contributed by atoms with van der Waals surface area (Å²) < 4.78 is 5.40. The fourth-order valence-corrected chi connectivity index (χ4v) is 3.16. The van der Waals surface area contributed by atoms with E-state index < -0.39 is 0 Å². The first-order valence-electron chi connectivity index (χ1n) is 7.25. The number of nitrogens with one attached hydrogen (secondary N) is 1. The van der Waals surface area contributed by atoms with Crippen LogP contribution in [0.1, 0.15) is 39.0 Å². The van der Waals surface area contributed by atoms with E-state index in [-0.39, 0.29) is 11.9 Å². The van der Waals surface area contributed by atoms with Crippen molar-refractivity contribution in [3.63, 3.8) is 0 Å². The van der Waals surface area contributed by atoms with Gasteiger partial charge in [-0.15, -0.1) is 0 Å². The van der Waals surface area contributed by atoms with Crippen molar-refractivity contribution in [2.45, 2.75) is 51.1 Å². The van der Waals surface area contributed by atoms with Crippen LogP contribution in [0.25, 0.3) is 0 Å². The van der Waals surface area contributed by atoms with Gasteiger partial charge < -0.3 is 15.0 Å². The Balaban J connectivity index is 1.83. The highest BCUT2D eigenvalue weighted by Crippen LogP contribution is 2.27. The third kappa shape index (κ3) is 3.45. The maximum Gasteiger partial charge on any atom is 0.224 e. The summed E-state index contributed by atoms with van der Waals surface area (Å²) in [6, 6.07) is 0.642. The van der Waals surface area contributed by atoms with Crippen LogP contribution in [0.15, 0.2) is 0 Å². The van der Waals surface area contributed by atoms with Gasteiger partial charge in [-0.25, -0.2) is 0 Å². The molecule has 0 spiro atoms. The molecule has 0 aromatic carbocycles. The van der Waals surface area contributed by atoms with E-state index in [0.29, 0.717) is 25.0 Å². The number of nitrogens with zero attached hydrogens (tertiary/aromatic N) is 1. The highest BCUT2D eigenvalue weighted by Gasteiger charge is 2.29. The van der Waals surface area contributed by atoms with Crippen molar-refractivity contribution in [3.05, 3.63) is 0 Å². The molecular formula is C14H26N2O2. The van der Waals surface area contributed by atoms with Crippen LogP contribution in [0.5, 0.6) is 0 Å². The average molecular weight is 254 g/mol. The molecule has 1 aliphatic heterocycles. The molecule has 18 heavy (non-hydrogen) atoms. The lowest BCUT2D eigenvalue weighted by Gasteiger charge is -2.37. The number of rotatable bonds is 3. The number of hydrogen-bond acceptors (Lipinski definition) is 3. The summed E-state index contributed by atoms with van der Waals surface area (Å²) in [5, 5.41) is 3.35. The molecule has 2 rings (SSSR count). The van der Waals surface area contributed by atoms with Crippen LogP contribution in [-0.2, 0) is 9.53 Å². The standard InChI is InChI=1S/C14H26N2O2/c1-11-5-3-4-6-13(11)16(2)14(17)9-12-10-18-8-7-15-12/h11-13,15H,3-10H2,1-2H3. The van der Waals surface area contributed by atoms with Gasteiger partial charge in [0.15, 0.2) is 0 Å². The molecule has 3 unspecified atom stereocenters. The quantitative estimate of drug-likeness (QED) is 0.828. The predicted molar refractivity (Wildman–Crippen MR) is 71.4 cm³/mol. The molecule has 104 valence electrons. The molecular weight excluding hydrogens is 228 g/mol. The lowest BCUT2D eigenvalue weighted by molar-refractivity contribution is -0.134. The van der Waals surface area contributed by atoms with E-state index in [1.807, 2.05) is 11.9 Å². The van der Waals surface area contributed by atoms with Gasteiger partial charge in [0.05, 0.1) is 13.2 Å². The van der Waals surface area contributed by atoms with Crippen LogP contribution < -0.4 is 5.32 Å². The highest BCUT2D eigenvalue weighted by atomic mass is 16.5. The summed E-state index contributed by atoms with van der Waals surface area (Å²) in [7, 11) is 1.97. The zero-order valence-electron chi connectivity index (χ0n) is 11.7. The smallest absolute Gasteiger partial charge is 0.224 e. The SMILES string of the molecule is CC1CCCCC1N(C)C(=O)CC1COCCN1. The minimum absolute atomic E-state index is 0.201. The Labute approximate surface area is 110 Å². The van der Waals surface area contributed by atoms with Crippen LogP contribution in [0.4, 0.5) is 0 Å². The van der Waals surface area contributed by atoms with Gasteiger partial charge in [-0.3, -0.25) is 4.79 Å². The normalized spacial score (nSPS) is 33.1. The Morgan fingerprint density at radius 1 is 1.39 bits per heavy atom. The van der Waals surface area contributed by atoms with Crippen molar-refractivity contribution in [1.29, 1.82) is 0 Å². The number of morpholine rings is 1. The summed E-state index contributed by atoms with van der Waals surface area (Å²) in [6.45, 7) is 4.57. The summed E-state index contributed by atoms with van der Waals surface area (Å²) in [5.74, 6) is 0.903.